The molecule has 0 fully saturated rings. The van der Waals surface area contributed by atoms with Crippen molar-refractivity contribution in [3.05, 3.63) is 49.1 Å². The summed E-state index contributed by atoms with van der Waals surface area (Å²) in [6.45, 7) is 2.05. The van der Waals surface area contributed by atoms with E-state index in [1.807, 2.05) is 49.1 Å². The SMILES string of the molecule is O=C([O-])CCCCCCn1cccc1.O=C([O-])CCCCCCn1cccc1.[Ca+2]. The summed E-state index contributed by atoms with van der Waals surface area (Å²) in [6.07, 6.45) is 16.4. The first kappa shape index (κ1) is 27.8. The minimum Gasteiger partial charge on any atom is -0.550 e. The van der Waals surface area contributed by atoms with Gasteiger partial charge in [0.1, 0.15) is 0 Å². The van der Waals surface area contributed by atoms with Crippen molar-refractivity contribution >= 4 is 49.7 Å². The largest absolute Gasteiger partial charge is 2.00 e. The Morgan fingerprint density at radius 2 is 0.862 bits per heavy atom. The Morgan fingerprint density at radius 3 is 1.17 bits per heavy atom. The zero-order valence-electron chi connectivity index (χ0n) is 17.3. The summed E-state index contributed by atoms with van der Waals surface area (Å²) < 4.78 is 4.28. The second-order valence-electron chi connectivity index (χ2n) is 6.91. The molecule has 0 atom stereocenters. The van der Waals surface area contributed by atoms with E-state index in [0.29, 0.717) is 0 Å². The number of hydrogen-bond acceptors (Lipinski definition) is 4. The maximum absolute atomic E-state index is 10.1. The molecule has 156 valence electrons. The summed E-state index contributed by atoms with van der Waals surface area (Å²) >= 11 is 0. The van der Waals surface area contributed by atoms with Gasteiger partial charge in [0.05, 0.1) is 0 Å². The zero-order chi connectivity index (χ0) is 20.5. The molecule has 0 saturated heterocycles. The summed E-state index contributed by atoms with van der Waals surface area (Å²) in [6, 6.07) is 8.04. The van der Waals surface area contributed by atoms with Gasteiger partial charge in [-0.1, -0.05) is 25.7 Å². The van der Waals surface area contributed by atoms with Crippen LogP contribution in [0, 0.1) is 0 Å². The van der Waals surface area contributed by atoms with Gasteiger partial charge in [-0.2, -0.15) is 0 Å². The van der Waals surface area contributed by atoms with E-state index >= 15 is 0 Å². The van der Waals surface area contributed by atoms with Crippen molar-refractivity contribution in [1.29, 1.82) is 0 Å². The van der Waals surface area contributed by atoms with Crippen molar-refractivity contribution in [2.24, 2.45) is 0 Å². The van der Waals surface area contributed by atoms with Crippen LogP contribution < -0.4 is 10.2 Å². The molecular weight excluding hydrogens is 396 g/mol. The van der Waals surface area contributed by atoms with Crippen LogP contribution in [0.4, 0.5) is 0 Å². The average Bonchev–Trinajstić information content (AvgIpc) is 3.35. The monoisotopic (exact) mass is 428 g/mol. The van der Waals surface area contributed by atoms with Gasteiger partial charge in [-0.05, 0) is 62.8 Å². The molecule has 2 aromatic rings. The van der Waals surface area contributed by atoms with E-state index in [9.17, 15) is 19.8 Å². The number of unbranched alkanes of at least 4 members (excludes halogenated alkanes) is 6. The Labute approximate surface area is 203 Å². The van der Waals surface area contributed by atoms with Crippen LogP contribution >= 0.6 is 0 Å². The van der Waals surface area contributed by atoms with Gasteiger partial charge in [0.15, 0.2) is 0 Å². The van der Waals surface area contributed by atoms with Gasteiger partial charge in [-0.25, -0.2) is 0 Å². The van der Waals surface area contributed by atoms with E-state index in [1.54, 1.807) is 0 Å². The third-order valence-electron chi connectivity index (χ3n) is 4.43. The molecule has 0 aliphatic carbocycles. The Kier molecular flexibility index (Phi) is 18.0. The van der Waals surface area contributed by atoms with Crippen LogP contribution in [0.5, 0.6) is 0 Å². The van der Waals surface area contributed by atoms with Crippen LogP contribution in [0.15, 0.2) is 49.1 Å². The van der Waals surface area contributed by atoms with Crippen molar-refractivity contribution in [2.75, 3.05) is 0 Å². The van der Waals surface area contributed by atoms with Gasteiger partial charge < -0.3 is 28.9 Å². The Bertz CT molecular complexity index is 571. The van der Waals surface area contributed by atoms with Crippen LogP contribution in [-0.2, 0) is 22.7 Å². The first-order valence-electron chi connectivity index (χ1n) is 10.2. The first-order chi connectivity index (χ1) is 13.6. The molecule has 6 nitrogen and oxygen atoms in total. The summed E-state index contributed by atoms with van der Waals surface area (Å²) in [4.78, 5) is 20.2. The molecule has 0 saturated carbocycles. The number of nitrogens with zero attached hydrogens (tertiary/aromatic N) is 2. The fraction of sp³-hybridized carbons (Fsp3) is 0.545. The number of aryl methyl sites for hydroxylation is 2. The van der Waals surface area contributed by atoms with Gasteiger partial charge in [0, 0.05) is 49.8 Å². The summed E-state index contributed by atoms with van der Waals surface area (Å²) in [5, 5.41) is 20.2. The Balaban J connectivity index is 0.000000523. The maximum atomic E-state index is 10.1. The quantitative estimate of drug-likeness (QED) is 0.340. The Hall–Kier alpha value is -1.24. The van der Waals surface area contributed by atoms with Crippen molar-refractivity contribution in [1.82, 2.24) is 9.13 Å². The third-order valence-corrected chi connectivity index (χ3v) is 4.43. The van der Waals surface area contributed by atoms with Crippen LogP contribution in [0.25, 0.3) is 0 Å². The van der Waals surface area contributed by atoms with Crippen molar-refractivity contribution in [3.63, 3.8) is 0 Å². The van der Waals surface area contributed by atoms with Gasteiger partial charge in [-0.3, -0.25) is 0 Å². The van der Waals surface area contributed by atoms with Crippen molar-refractivity contribution in [3.8, 4) is 0 Å². The number of rotatable bonds is 14. The summed E-state index contributed by atoms with van der Waals surface area (Å²) in [5.41, 5.74) is 0. The molecule has 2 rings (SSSR count). The minimum absolute atomic E-state index is 0. The molecule has 0 spiro atoms. The first-order valence-corrected chi connectivity index (χ1v) is 10.2. The topological polar surface area (TPSA) is 90.1 Å². The van der Waals surface area contributed by atoms with E-state index in [2.05, 4.69) is 9.13 Å². The van der Waals surface area contributed by atoms with Crippen molar-refractivity contribution < 1.29 is 19.8 Å². The van der Waals surface area contributed by atoms with Gasteiger partial charge in [0.25, 0.3) is 0 Å². The number of hydrogen-bond donors (Lipinski definition) is 0. The standard InChI is InChI=1S/2C11H17NO2.Ca/c2*13-11(14)7-3-1-2-4-8-12-9-5-6-10-12;/h2*5-6,9-10H,1-4,7-8H2,(H,13,14);/q;;+2/p-2. The molecule has 0 amide bonds. The fourth-order valence-corrected chi connectivity index (χ4v) is 2.87. The molecule has 0 N–H and O–H groups in total. The zero-order valence-corrected chi connectivity index (χ0v) is 19.5. The molecule has 2 aromatic heterocycles. The van der Waals surface area contributed by atoms with Gasteiger partial charge >= 0.3 is 37.7 Å². The third kappa shape index (κ3) is 17.3. The molecule has 7 heteroatoms. The maximum Gasteiger partial charge on any atom is 2.00 e. The normalized spacial score (nSPS) is 9.93. The molecule has 0 aliphatic rings. The molecule has 0 radical (unpaired) electrons. The second kappa shape index (κ2) is 18.8. The molecule has 0 unspecified atom stereocenters. The van der Waals surface area contributed by atoms with Crippen LogP contribution in [-0.4, -0.2) is 58.8 Å². The smallest absolute Gasteiger partial charge is 0.550 e. The van der Waals surface area contributed by atoms with Crippen molar-refractivity contribution in [2.45, 2.75) is 77.3 Å². The number of aromatic nitrogens is 2. The van der Waals surface area contributed by atoms with Crippen LogP contribution in [0.2, 0.25) is 0 Å². The van der Waals surface area contributed by atoms with E-state index in [1.165, 1.54) is 0 Å². The molecule has 0 aromatic carbocycles. The predicted molar refractivity (Wildman–Crippen MR) is 111 cm³/mol. The molecular formula is C22H32CaN2O4. The number of carboxylic acid groups (broad SMARTS) is 2. The number of carbonyl (C=O) groups is 2. The van der Waals surface area contributed by atoms with Crippen LogP contribution in [0.1, 0.15) is 64.2 Å². The van der Waals surface area contributed by atoms with E-state index in [4.69, 9.17) is 0 Å². The average molecular weight is 429 g/mol. The van der Waals surface area contributed by atoms with Gasteiger partial charge in [0.2, 0.25) is 0 Å². The van der Waals surface area contributed by atoms with Crippen LogP contribution in [0.3, 0.4) is 0 Å². The molecule has 0 bridgehead atoms. The minimum atomic E-state index is -0.935. The molecule has 0 aliphatic heterocycles. The van der Waals surface area contributed by atoms with E-state index in [-0.39, 0.29) is 50.6 Å². The summed E-state index contributed by atoms with van der Waals surface area (Å²) in [7, 11) is 0. The van der Waals surface area contributed by atoms with E-state index < -0.39 is 11.9 Å². The predicted octanol–water partition coefficient (Wildman–Crippen LogP) is 2.00. The van der Waals surface area contributed by atoms with Gasteiger partial charge in [-0.15, -0.1) is 0 Å². The number of carboxylic acids is 2. The second-order valence-corrected chi connectivity index (χ2v) is 6.91. The molecule has 29 heavy (non-hydrogen) atoms. The fourth-order valence-electron chi connectivity index (χ4n) is 2.87. The number of aliphatic carboxylic acids is 2. The van der Waals surface area contributed by atoms with E-state index in [0.717, 1.165) is 64.5 Å². The molecule has 2 heterocycles. The number of carbonyl (C=O) groups excluding carboxylic acids is 2. The summed E-state index contributed by atoms with van der Waals surface area (Å²) in [5.74, 6) is -1.87. The Morgan fingerprint density at radius 1 is 0.552 bits per heavy atom.